The summed E-state index contributed by atoms with van der Waals surface area (Å²) in [4.78, 5) is 10.3. The molecular formula is C8H12O3. The standard InChI is InChI=1S/C8H12O3/c1-2-3-11-5-6-4-7(6)8(9)10/h2,6-7H,1,3-5H2,(H,9,10). The predicted molar refractivity (Wildman–Crippen MR) is 40.2 cm³/mol. The highest BCUT2D eigenvalue weighted by Gasteiger charge is 2.42. The molecule has 11 heavy (non-hydrogen) atoms. The van der Waals surface area contributed by atoms with E-state index in [0.29, 0.717) is 13.2 Å². The van der Waals surface area contributed by atoms with Gasteiger partial charge in [0.1, 0.15) is 0 Å². The van der Waals surface area contributed by atoms with Crippen LogP contribution in [0.2, 0.25) is 0 Å². The van der Waals surface area contributed by atoms with Gasteiger partial charge in [0.2, 0.25) is 0 Å². The maximum atomic E-state index is 10.3. The van der Waals surface area contributed by atoms with E-state index in [4.69, 9.17) is 9.84 Å². The summed E-state index contributed by atoms with van der Waals surface area (Å²) in [6.07, 6.45) is 2.44. The van der Waals surface area contributed by atoms with E-state index in [9.17, 15) is 4.79 Å². The van der Waals surface area contributed by atoms with E-state index in [1.54, 1.807) is 6.08 Å². The van der Waals surface area contributed by atoms with Crippen LogP contribution in [0.5, 0.6) is 0 Å². The SMILES string of the molecule is C=CCOCC1CC1C(=O)O. The second kappa shape index (κ2) is 3.53. The molecule has 0 aliphatic heterocycles. The molecule has 1 aliphatic carbocycles. The van der Waals surface area contributed by atoms with Gasteiger partial charge < -0.3 is 9.84 Å². The van der Waals surface area contributed by atoms with Crippen LogP contribution >= 0.6 is 0 Å². The molecule has 3 heteroatoms. The topological polar surface area (TPSA) is 46.5 Å². The molecule has 0 radical (unpaired) electrons. The van der Waals surface area contributed by atoms with E-state index in [1.807, 2.05) is 0 Å². The fourth-order valence-corrected chi connectivity index (χ4v) is 1.04. The molecule has 2 unspecified atom stereocenters. The fraction of sp³-hybridized carbons (Fsp3) is 0.625. The quantitative estimate of drug-likeness (QED) is 0.475. The highest BCUT2D eigenvalue weighted by Crippen LogP contribution is 2.38. The molecule has 0 saturated heterocycles. The normalized spacial score (nSPS) is 28.0. The van der Waals surface area contributed by atoms with Crippen LogP contribution in [0.3, 0.4) is 0 Å². The van der Waals surface area contributed by atoms with E-state index in [-0.39, 0.29) is 11.8 Å². The summed E-state index contributed by atoms with van der Waals surface area (Å²) in [6, 6.07) is 0. The molecule has 62 valence electrons. The van der Waals surface area contributed by atoms with Gasteiger partial charge in [-0.15, -0.1) is 6.58 Å². The molecule has 2 atom stereocenters. The molecule has 0 bridgehead atoms. The average Bonchev–Trinajstić information content (AvgIpc) is 2.68. The Balaban J connectivity index is 2.04. The Hall–Kier alpha value is -0.830. The van der Waals surface area contributed by atoms with Crippen molar-refractivity contribution >= 4 is 5.97 Å². The second-order valence-electron chi connectivity index (χ2n) is 2.77. The lowest BCUT2D eigenvalue weighted by atomic mass is 10.3. The number of aliphatic carboxylic acids is 1. The Labute approximate surface area is 65.7 Å². The van der Waals surface area contributed by atoms with Gasteiger partial charge in [-0.2, -0.15) is 0 Å². The maximum Gasteiger partial charge on any atom is 0.306 e. The van der Waals surface area contributed by atoms with Crippen molar-refractivity contribution in [1.29, 1.82) is 0 Å². The highest BCUT2D eigenvalue weighted by atomic mass is 16.5. The van der Waals surface area contributed by atoms with Crippen LogP contribution in [-0.2, 0) is 9.53 Å². The zero-order valence-corrected chi connectivity index (χ0v) is 6.32. The molecule has 3 nitrogen and oxygen atoms in total. The van der Waals surface area contributed by atoms with Crippen molar-refractivity contribution in [2.45, 2.75) is 6.42 Å². The van der Waals surface area contributed by atoms with Gasteiger partial charge in [0, 0.05) is 0 Å². The number of rotatable bonds is 5. The summed E-state index contributed by atoms with van der Waals surface area (Å²) < 4.78 is 5.11. The average molecular weight is 156 g/mol. The molecular weight excluding hydrogens is 144 g/mol. The predicted octanol–water partition coefficient (Wildman–Crippen LogP) is 0.910. The third-order valence-electron chi connectivity index (χ3n) is 1.81. The van der Waals surface area contributed by atoms with Gasteiger partial charge in [-0.05, 0) is 12.3 Å². The fourth-order valence-electron chi connectivity index (χ4n) is 1.04. The number of carboxylic acid groups (broad SMARTS) is 1. The van der Waals surface area contributed by atoms with Crippen LogP contribution in [0.1, 0.15) is 6.42 Å². The van der Waals surface area contributed by atoms with E-state index < -0.39 is 5.97 Å². The third kappa shape index (κ3) is 2.35. The molecule has 0 aromatic rings. The zero-order valence-electron chi connectivity index (χ0n) is 6.32. The summed E-state index contributed by atoms with van der Waals surface area (Å²) >= 11 is 0. The van der Waals surface area contributed by atoms with Gasteiger partial charge in [-0.25, -0.2) is 0 Å². The Morgan fingerprint density at radius 1 is 1.82 bits per heavy atom. The molecule has 0 spiro atoms. The molecule has 0 amide bonds. The molecule has 0 aromatic carbocycles. The molecule has 1 fully saturated rings. The van der Waals surface area contributed by atoms with Gasteiger partial charge in [-0.3, -0.25) is 4.79 Å². The lowest BCUT2D eigenvalue weighted by Crippen LogP contribution is -2.04. The van der Waals surface area contributed by atoms with Crippen molar-refractivity contribution in [3.05, 3.63) is 12.7 Å². The minimum Gasteiger partial charge on any atom is -0.481 e. The summed E-state index contributed by atoms with van der Waals surface area (Å²) in [5.74, 6) is -0.607. The van der Waals surface area contributed by atoms with Crippen molar-refractivity contribution in [3.63, 3.8) is 0 Å². The molecule has 1 aliphatic rings. The molecule has 1 rings (SSSR count). The molecule has 0 heterocycles. The lowest BCUT2D eigenvalue weighted by molar-refractivity contribution is -0.139. The number of hydrogen-bond donors (Lipinski definition) is 1. The molecule has 0 aromatic heterocycles. The van der Waals surface area contributed by atoms with Crippen LogP contribution in [0, 0.1) is 11.8 Å². The Morgan fingerprint density at radius 3 is 3.00 bits per heavy atom. The molecule has 1 N–H and O–H groups in total. The van der Waals surface area contributed by atoms with Gasteiger partial charge in [-0.1, -0.05) is 6.08 Å². The summed E-state index contributed by atoms with van der Waals surface area (Å²) in [6.45, 7) is 4.57. The van der Waals surface area contributed by atoms with Gasteiger partial charge >= 0.3 is 5.97 Å². The first-order chi connectivity index (χ1) is 5.25. The first kappa shape index (κ1) is 8.27. The number of carbonyl (C=O) groups is 1. The summed E-state index contributed by atoms with van der Waals surface area (Å²) in [7, 11) is 0. The van der Waals surface area contributed by atoms with Gasteiger partial charge in [0.05, 0.1) is 19.1 Å². The van der Waals surface area contributed by atoms with Crippen molar-refractivity contribution < 1.29 is 14.6 Å². The van der Waals surface area contributed by atoms with Crippen LogP contribution in [0.15, 0.2) is 12.7 Å². The second-order valence-corrected chi connectivity index (χ2v) is 2.77. The first-order valence-corrected chi connectivity index (χ1v) is 3.67. The summed E-state index contributed by atoms with van der Waals surface area (Å²) in [5.41, 5.74) is 0. The lowest BCUT2D eigenvalue weighted by Gasteiger charge is -1.96. The van der Waals surface area contributed by atoms with E-state index in [1.165, 1.54) is 0 Å². The van der Waals surface area contributed by atoms with E-state index >= 15 is 0 Å². The van der Waals surface area contributed by atoms with Crippen molar-refractivity contribution in [2.24, 2.45) is 11.8 Å². The molecule has 1 saturated carbocycles. The van der Waals surface area contributed by atoms with Crippen molar-refractivity contribution in [3.8, 4) is 0 Å². The smallest absolute Gasteiger partial charge is 0.306 e. The Bertz CT molecular complexity index is 165. The highest BCUT2D eigenvalue weighted by molar-refractivity contribution is 5.73. The minimum absolute atomic E-state index is 0.153. The minimum atomic E-state index is -0.697. The number of ether oxygens (including phenoxy) is 1. The van der Waals surface area contributed by atoms with Crippen LogP contribution < -0.4 is 0 Å². The van der Waals surface area contributed by atoms with Gasteiger partial charge in [0.15, 0.2) is 0 Å². The Morgan fingerprint density at radius 2 is 2.55 bits per heavy atom. The largest absolute Gasteiger partial charge is 0.481 e. The monoisotopic (exact) mass is 156 g/mol. The first-order valence-electron chi connectivity index (χ1n) is 3.67. The van der Waals surface area contributed by atoms with Crippen LogP contribution in [-0.4, -0.2) is 24.3 Å². The van der Waals surface area contributed by atoms with Crippen LogP contribution in [0.25, 0.3) is 0 Å². The zero-order chi connectivity index (χ0) is 8.27. The third-order valence-corrected chi connectivity index (χ3v) is 1.81. The van der Waals surface area contributed by atoms with E-state index in [0.717, 1.165) is 6.42 Å². The number of carboxylic acids is 1. The maximum absolute atomic E-state index is 10.3. The summed E-state index contributed by atoms with van der Waals surface area (Å²) in [5, 5.41) is 8.50. The van der Waals surface area contributed by atoms with Crippen molar-refractivity contribution in [1.82, 2.24) is 0 Å². The van der Waals surface area contributed by atoms with Gasteiger partial charge in [0.25, 0.3) is 0 Å². The van der Waals surface area contributed by atoms with Crippen LogP contribution in [0.4, 0.5) is 0 Å². The Kier molecular flexibility index (Phi) is 2.65. The van der Waals surface area contributed by atoms with E-state index in [2.05, 4.69) is 6.58 Å². The van der Waals surface area contributed by atoms with Crippen molar-refractivity contribution in [2.75, 3.05) is 13.2 Å². The number of hydrogen-bond acceptors (Lipinski definition) is 2.